The predicted octanol–water partition coefficient (Wildman–Crippen LogP) is 2.64. The maximum atomic E-state index is 12.9. The van der Waals surface area contributed by atoms with Crippen LogP contribution >= 0.6 is 0 Å². The normalized spacial score (nSPS) is 15.9. The quantitative estimate of drug-likeness (QED) is 0.464. The summed E-state index contributed by atoms with van der Waals surface area (Å²) in [5, 5.41) is 3.85. The number of nitrogens with zero attached hydrogens (tertiary/aromatic N) is 2. The molecule has 1 aromatic heterocycles. The Morgan fingerprint density at radius 3 is 2.23 bits per heavy atom. The molecule has 1 aliphatic heterocycles. The molecule has 3 aromatic rings. The SMILES string of the molecule is CC(C)NS(=O)(=O)c1ccc(NC(=O)C(C)N2CCN(C(=O)c3cc4ccccc4[nH]3)CC2)cc1. The maximum absolute atomic E-state index is 12.9. The number of H-pyrrole nitrogens is 1. The lowest BCUT2D eigenvalue weighted by Crippen LogP contribution is -2.54. The van der Waals surface area contributed by atoms with Crippen LogP contribution in [0, 0.1) is 0 Å². The van der Waals surface area contributed by atoms with E-state index in [2.05, 4.69) is 15.0 Å². The van der Waals surface area contributed by atoms with E-state index in [4.69, 9.17) is 0 Å². The smallest absolute Gasteiger partial charge is 0.270 e. The van der Waals surface area contributed by atoms with E-state index >= 15 is 0 Å². The molecule has 2 aromatic carbocycles. The van der Waals surface area contributed by atoms with Crippen molar-refractivity contribution in [2.24, 2.45) is 0 Å². The number of carbonyl (C=O) groups excluding carboxylic acids is 2. The summed E-state index contributed by atoms with van der Waals surface area (Å²) in [5.41, 5.74) is 2.03. The molecule has 0 bridgehead atoms. The zero-order valence-corrected chi connectivity index (χ0v) is 20.9. The summed E-state index contributed by atoms with van der Waals surface area (Å²) in [4.78, 5) is 32.9. The van der Waals surface area contributed by atoms with Gasteiger partial charge in [0.25, 0.3) is 5.91 Å². The first-order valence-corrected chi connectivity index (χ1v) is 13.2. The van der Waals surface area contributed by atoms with Crippen molar-refractivity contribution in [3.05, 3.63) is 60.3 Å². The summed E-state index contributed by atoms with van der Waals surface area (Å²) in [5.74, 6) is -0.226. The first-order valence-electron chi connectivity index (χ1n) is 11.7. The first kappa shape index (κ1) is 24.9. The number of fused-ring (bicyclic) bond motifs is 1. The number of piperazine rings is 1. The third kappa shape index (κ3) is 5.72. The molecule has 0 saturated carbocycles. The molecule has 1 fully saturated rings. The average molecular weight is 498 g/mol. The molecule has 2 heterocycles. The minimum Gasteiger partial charge on any atom is -0.351 e. The summed E-state index contributed by atoms with van der Waals surface area (Å²) in [6.45, 7) is 7.56. The van der Waals surface area contributed by atoms with Gasteiger partial charge in [0.2, 0.25) is 15.9 Å². The second-order valence-electron chi connectivity index (χ2n) is 9.06. The Morgan fingerprint density at radius 1 is 0.943 bits per heavy atom. The number of anilines is 1. The Kier molecular flexibility index (Phi) is 7.25. The fourth-order valence-electron chi connectivity index (χ4n) is 4.18. The zero-order valence-electron chi connectivity index (χ0n) is 20.1. The number of aromatic amines is 1. The van der Waals surface area contributed by atoms with E-state index < -0.39 is 16.1 Å². The van der Waals surface area contributed by atoms with E-state index in [-0.39, 0.29) is 22.8 Å². The Bertz CT molecular complexity index is 1280. The second-order valence-corrected chi connectivity index (χ2v) is 10.8. The molecule has 10 heteroatoms. The van der Waals surface area contributed by atoms with Crippen LogP contribution in [-0.2, 0) is 14.8 Å². The molecule has 1 unspecified atom stereocenters. The number of sulfonamides is 1. The van der Waals surface area contributed by atoms with Gasteiger partial charge in [-0.2, -0.15) is 0 Å². The van der Waals surface area contributed by atoms with E-state index in [1.54, 1.807) is 30.9 Å². The Hall–Kier alpha value is -3.21. The number of nitrogens with one attached hydrogen (secondary N) is 3. The molecule has 9 nitrogen and oxygen atoms in total. The summed E-state index contributed by atoms with van der Waals surface area (Å²) in [6, 6.07) is 15.1. The molecule has 0 spiro atoms. The van der Waals surface area contributed by atoms with Crippen LogP contribution < -0.4 is 10.0 Å². The summed E-state index contributed by atoms with van der Waals surface area (Å²) in [7, 11) is -3.58. The van der Waals surface area contributed by atoms with Gasteiger partial charge < -0.3 is 15.2 Å². The van der Waals surface area contributed by atoms with Crippen molar-refractivity contribution in [2.75, 3.05) is 31.5 Å². The van der Waals surface area contributed by atoms with E-state index in [9.17, 15) is 18.0 Å². The van der Waals surface area contributed by atoms with Gasteiger partial charge in [0.15, 0.2) is 0 Å². The van der Waals surface area contributed by atoms with Crippen LogP contribution in [0.3, 0.4) is 0 Å². The largest absolute Gasteiger partial charge is 0.351 e. The van der Waals surface area contributed by atoms with Gasteiger partial charge in [-0.05, 0) is 57.2 Å². The van der Waals surface area contributed by atoms with Gasteiger partial charge in [0.1, 0.15) is 5.69 Å². The number of amides is 2. The number of benzene rings is 2. The Balaban J connectivity index is 1.31. The van der Waals surface area contributed by atoms with E-state index in [0.29, 0.717) is 37.6 Å². The van der Waals surface area contributed by atoms with Crippen LogP contribution in [0.4, 0.5) is 5.69 Å². The molecular formula is C25H31N5O4S. The zero-order chi connectivity index (χ0) is 25.2. The van der Waals surface area contributed by atoms with Crippen molar-refractivity contribution in [3.63, 3.8) is 0 Å². The van der Waals surface area contributed by atoms with Crippen LogP contribution in [0.15, 0.2) is 59.5 Å². The van der Waals surface area contributed by atoms with Crippen molar-refractivity contribution < 1.29 is 18.0 Å². The van der Waals surface area contributed by atoms with Crippen molar-refractivity contribution >= 4 is 38.4 Å². The van der Waals surface area contributed by atoms with Gasteiger partial charge in [-0.25, -0.2) is 13.1 Å². The highest BCUT2D eigenvalue weighted by molar-refractivity contribution is 7.89. The number of para-hydroxylation sites is 1. The number of hydrogen-bond donors (Lipinski definition) is 3. The van der Waals surface area contributed by atoms with Crippen molar-refractivity contribution in [2.45, 2.75) is 37.8 Å². The number of hydrogen-bond acceptors (Lipinski definition) is 5. The Labute approximate surface area is 205 Å². The number of carbonyl (C=O) groups is 2. The third-order valence-corrected chi connectivity index (χ3v) is 7.79. The fourth-order valence-corrected chi connectivity index (χ4v) is 5.43. The second kappa shape index (κ2) is 10.2. The fraction of sp³-hybridized carbons (Fsp3) is 0.360. The molecule has 4 rings (SSSR count). The van der Waals surface area contributed by atoms with Gasteiger partial charge in [0, 0.05) is 48.8 Å². The highest BCUT2D eigenvalue weighted by Crippen LogP contribution is 2.18. The topological polar surface area (TPSA) is 115 Å². The lowest BCUT2D eigenvalue weighted by Gasteiger charge is -2.37. The molecule has 0 aliphatic carbocycles. The van der Waals surface area contributed by atoms with Gasteiger partial charge in [-0.1, -0.05) is 18.2 Å². The standard InChI is InChI=1S/C25H31N5O4S/c1-17(2)28-35(33,34)21-10-8-20(9-11-21)26-24(31)18(3)29-12-14-30(15-13-29)25(32)23-16-19-6-4-5-7-22(19)27-23/h4-11,16-18,27-28H,12-15H2,1-3H3,(H,26,31). The van der Waals surface area contributed by atoms with Crippen molar-refractivity contribution in [1.29, 1.82) is 0 Å². The summed E-state index contributed by atoms with van der Waals surface area (Å²) < 4.78 is 27.1. The molecule has 3 N–H and O–H groups in total. The van der Waals surface area contributed by atoms with Crippen LogP contribution in [-0.4, -0.2) is 73.3 Å². The molecular weight excluding hydrogens is 466 g/mol. The molecule has 186 valence electrons. The lowest BCUT2D eigenvalue weighted by atomic mass is 10.2. The van der Waals surface area contributed by atoms with Crippen molar-refractivity contribution in [3.8, 4) is 0 Å². The molecule has 1 saturated heterocycles. The minimum atomic E-state index is -3.58. The third-order valence-electron chi connectivity index (χ3n) is 6.11. The van der Waals surface area contributed by atoms with E-state index in [1.165, 1.54) is 12.1 Å². The molecule has 1 aliphatic rings. The van der Waals surface area contributed by atoms with Crippen LogP contribution in [0.25, 0.3) is 10.9 Å². The molecule has 2 amide bonds. The minimum absolute atomic E-state index is 0.0417. The number of aromatic nitrogens is 1. The van der Waals surface area contributed by atoms with E-state index in [1.807, 2.05) is 42.2 Å². The van der Waals surface area contributed by atoms with Gasteiger partial charge in [0.05, 0.1) is 10.9 Å². The summed E-state index contributed by atoms with van der Waals surface area (Å²) in [6.07, 6.45) is 0. The first-order chi connectivity index (χ1) is 16.6. The van der Waals surface area contributed by atoms with E-state index in [0.717, 1.165) is 10.9 Å². The van der Waals surface area contributed by atoms with Gasteiger partial charge in [-0.3, -0.25) is 14.5 Å². The van der Waals surface area contributed by atoms with Gasteiger partial charge >= 0.3 is 0 Å². The van der Waals surface area contributed by atoms with Gasteiger partial charge in [-0.15, -0.1) is 0 Å². The van der Waals surface area contributed by atoms with Crippen molar-refractivity contribution in [1.82, 2.24) is 19.5 Å². The Morgan fingerprint density at radius 2 is 1.60 bits per heavy atom. The predicted molar refractivity (Wildman–Crippen MR) is 136 cm³/mol. The average Bonchev–Trinajstić information content (AvgIpc) is 3.27. The maximum Gasteiger partial charge on any atom is 0.270 e. The highest BCUT2D eigenvalue weighted by atomic mass is 32.2. The van der Waals surface area contributed by atoms with Crippen LogP contribution in [0.2, 0.25) is 0 Å². The lowest BCUT2D eigenvalue weighted by molar-refractivity contribution is -0.121. The van der Waals surface area contributed by atoms with Crippen LogP contribution in [0.5, 0.6) is 0 Å². The van der Waals surface area contributed by atoms with Crippen LogP contribution in [0.1, 0.15) is 31.3 Å². The molecule has 1 atom stereocenters. The highest BCUT2D eigenvalue weighted by Gasteiger charge is 2.28. The monoisotopic (exact) mass is 497 g/mol. The number of rotatable bonds is 7. The molecule has 35 heavy (non-hydrogen) atoms. The summed E-state index contributed by atoms with van der Waals surface area (Å²) >= 11 is 0. The molecule has 0 radical (unpaired) electrons.